The fraction of sp³-hybridized carbons (Fsp3) is 0.480. The van der Waals surface area contributed by atoms with Gasteiger partial charge in [-0.05, 0) is 75.8 Å². The first-order valence-electron chi connectivity index (χ1n) is 24.5. The van der Waals surface area contributed by atoms with E-state index in [4.69, 9.17) is 26.2 Å². The van der Waals surface area contributed by atoms with Crippen LogP contribution in [0.25, 0.3) is 22.1 Å². The normalized spacial score (nSPS) is 21.4. The van der Waals surface area contributed by atoms with Gasteiger partial charge in [0, 0.05) is 89.0 Å². The average molecular weight is 1020 g/mol. The van der Waals surface area contributed by atoms with E-state index < -0.39 is 84.1 Å². The largest absolute Gasteiger partial charge is 0.481 e. The summed E-state index contributed by atoms with van der Waals surface area (Å²) in [5.74, 6) is -8.23. The number of Topliss-reactive ketones (excluding diaryl/α,β-unsaturated/α-hetero) is 3. The van der Waals surface area contributed by atoms with Crippen molar-refractivity contribution in [3.05, 3.63) is 68.8 Å². The van der Waals surface area contributed by atoms with Gasteiger partial charge < -0.3 is 52.5 Å². The number of aromatic amines is 2. The smallest absolute Gasteiger partial charge is 0.315 e. The number of amides is 5. The van der Waals surface area contributed by atoms with E-state index in [2.05, 4.69) is 54.0 Å². The summed E-state index contributed by atoms with van der Waals surface area (Å²) in [6.45, 7) is 9.88. The van der Waals surface area contributed by atoms with E-state index in [0.29, 0.717) is 62.3 Å². The summed E-state index contributed by atoms with van der Waals surface area (Å²) in [4.78, 5) is 141. The summed E-state index contributed by atoms with van der Waals surface area (Å²) in [5, 5.41) is 19.4. The average Bonchev–Trinajstić information content (AvgIpc) is 4.04. The molecule has 0 saturated heterocycles. The monoisotopic (exact) mass is 1020 g/mol. The van der Waals surface area contributed by atoms with Crippen LogP contribution >= 0.6 is 0 Å². The number of hydrogen-bond acceptors (Lipinski definition) is 14. The molecule has 13 N–H and O–H groups in total. The molecule has 24 heteroatoms. The lowest BCUT2D eigenvalue weighted by Crippen LogP contribution is -2.54. The van der Waals surface area contributed by atoms with Crippen LogP contribution in [0.15, 0.2) is 23.2 Å². The van der Waals surface area contributed by atoms with Crippen molar-refractivity contribution in [3.8, 4) is 0 Å². The van der Waals surface area contributed by atoms with Crippen molar-refractivity contribution >= 4 is 81.1 Å². The third-order valence-corrected chi connectivity index (χ3v) is 13.8. The molecule has 3 aromatic rings. The Balaban J connectivity index is 1.57. The van der Waals surface area contributed by atoms with E-state index in [1.807, 2.05) is 39.0 Å². The van der Waals surface area contributed by atoms with Gasteiger partial charge in [-0.3, -0.25) is 58.7 Å². The predicted molar refractivity (Wildman–Crippen MR) is 271 cm³/mol. The first kappa shape index (κ1) is 55.3. The van der Waals surface area contributed by atoms with Crippen molar-refractivity contribution in [2.45, 2.75) is 122 Å². The van der Waals surface area contributed by atoms with Gasteiger partial charge in [-0.25, -0.2) is 10.2 Å². The summed E-state index contributed by atoms with van der Waals surface area (Å²) >= 11 is 0. The zero-order valence-electron chi connectivity index (χ0n) is 42.5. The second-order valence-electron chi connectivity index (χ2n) is 18.7. The fourth-order valence-corrected chi connectivity index (χ4v) is 9.74. The van der Waals surface area contributed by atoms with Gasteiger partial charge in [0.05, 0.1) is 48.8 Å². The van der Waals surface area contributed by atoms with E-state index in [1.54, 1.807) is 6.92 Å². The minimum atomic E-state index is -1.83. The molecule has 0 fully saturated rings. The molecule has 8 bridgehead atoms. The molecule has 6 atom stereocenters. The number of carboxylic acid groups (broad SMARTS) is 1. The number of aromatic nitrogens is 4. The van der Waals surface area contributed by atoms with Crippen molar-refractivity contribution < 1.29 is 53.0 Å². The van der Waals surface area contributed by atoms with Crippen molar-refractivity contribution in [3.63, 3.8) is 0 Å². The van der Waals surface area contributed by atoms with Gasteiger partial charge >= 0.3 is 18.0 Å². The molecule has 3 aliphatic rings. The zero-order chi connectivity index (χ0) is 54.1. The van der Waals surface area contributed by atoms with E-state index >= 15 is 0 Å². The number of carboxylic acids is 1. The molecule has 0 radical (unpaired) electrons. The number of aliphatic carboxylic acids is 1. The summed E-state index contributed by atoms with van der Waals surface area (Å²) < 4.78 is 5.24. The molecule has 6 rings (SSSR count). The van der Waals surface area contributed by atoms with E-state index in [0.717, 1.165) is 5.69 Å². The molecule has 3 aliphatic heterocycles. The van der Waals surface area contributed by atoms with Gasteiger partial charge in [0.2, 0.25) is 23.4 Å². The first-order valence-corrected chi connectivity index (χ1v) is 24.5. The quantitative estimate of drug-likeness (QED) is 0.0345. The highest BCUT2D eigenvalue weighted by Crippen LogP contribution is 2.44. The zero-order valence-corrected chi connectivity index (χ0v) is 42.5. The number of rotatable bonds is 10. The molecule has 0 spiro atoms. The van der Waals surface area contributed by atoms with E-state index in [9.17, 15) is 48.3 Å². The summed E-state index contributed by atoms with van der Waals surface area (Å²) in [6.07, 6.45) is -0.466. The van der Waals surface area contributed by atoms with Gasteiger partial charge in [0.15, 0.2) is 11.7 Å². The Hall–Kier alpha value is -8.02. The number of carbonyl (C=O) groups is 9. The lowest BCUT2D eigenvalue weighted by molar-refractivity contribution is -0.142. The van der Waals surface area contributed by atoms with Crippen LogP contribution in [0.2, 0.25) is 0 Å². The lowest BCUT2D eigenvalue weighted by atomic mass is 9.85. The minimum absolute atomic E-state index is 0.0174. The Morgan fingerprint density at radius 2 is 1.54 bits per heavy atom. The summed E-state index contributed by atoms with van der Waals surface area (Å²) in [6, 6.07) is 1.51. The lowest BCUT2D eigenvalue weighted by Gasteiger charge is -2.21. The Morgan fingerprint density at radius 1 is 0.865 bits per heavy atom. The van der Waals surface area contributed by atoms with Crippen molar-refractivity contribution in [1.82, 2.24) is 52.1 Å². The van der Waals surface area contributed by atoms with Crippen LogP contribution in [0, 0.1) is 13.8 Å². The van der Waals surface area contributed by atoms with Crippen LogP contribution in [-0.4, -0.2) is 129 Å². The SMILES string of the molecule is CC[C@H]1c2cc3[nH]c4c(CC(=O)OC)c5nc(cc6[nH]c(cc(n2)C1C)c(C(C)=O)c6C)C(C)[C@@H]5CCC(=O)NN[C@@H](CCCN=C(N)N)C(=O)NCC(=O)C(=O)[C@H](CC(=O)O)NC(=O)NCCNC(=O)c4c3C. The van der Waals surface area contributed by atoms with Crippen LogP contribution in [-0.2, 0) is 39.9 Å². The molecule has 24 nitrogen and oxygen atoms in total. The number of ketones is 3. The minimum Gasteiger partial charge on any atom is -0.481 e. The third kappa shape index (κ3) is 12.8. The number of methoxy groups -OCH3 is 1. The first-order chi connectivity index (χ1) is 35.1. The highest BCUT2D eigenvalue weighted by molar-refractivity contribution is 6.40. The number of guanidine groups is 1. The highest BCUT2D eigenvalue weighted by atomic mass is 16.5. The highest BCUT2D eigenvalue weighted by Gasteiger charge is 2.35. The van der Waals surface area contributed by atoms with E-state index in [-0.39, 0.29) is 86.4 Å². The summed E-state index contributed by atoms with van der Waals surface area (Å²) in [5.41, 5.74) is 22.6. The van der Waals surface area contributed by atoms with Crippen LogP contribution in [0.3, 0.4) is 0 Å². The van der Waals surface area contributed by atoms with Gasteiger partial charge in [0.25, 0.3) is 5.91 Å². The number of H-pyrrole nitrogens is 2. The van der Waals surface area contributed by atoms with E-state index in [1.165, 1.54) is 14.0 Å². The van der Waals surface area contributed by atoms with Gasteiger partial charge in [-0.15, -0.1) is 0 Å². The molecule has 74 heavy (non-hydrogen) atoms. The van der Waals surface area contributed by atoms with Crippen LogP contribution in [0.5, 0.6) is 0 Å². The molecular formula is C50H65N13O11. The van der Waals surface area contributed by atoms with Crippen LogP contribution < -0.4 is 43.6 Å². The van der Waals surface area contributed by atoms with Gasteiger partial charge in [-0.2, -0.15) is 0 Å². The Labute approximate surface area is 425 Å². The number of hydrazine groups is 1. The number of carbonyl (C=O) groups excluding carboxylic acids is 8. The summed E-state index contributed by atoms with van der Waals surface area (Å²) in [7, 11) is 1.23. The number of hydrogen-bond donors (Lipinski definition) is 11. The number of esters is 1. The number of nitrogens with two attached hydrogens (primary N) is 2. The number of nitrogens with one attached hydrogen (secondary N) is 8. The maximum Gasteiger partial charge on any atom is 0.315 e. The Morgan fingerprint density at radius 3 is 2.22 bits per heavy atom. The maximum atomic E-state index is 14.6. The Bertz CT molecular complexity index is 2960. The molecule has 0 aromatic carbocycles. The molecule has 0 aliphatic carbocycles. The topological polar surface area (TPSA) is 377 Å². The maximum absolute atomic E-state index is 14.6. The molecule has 5 amide bonds. The van der Waals surface area contributed by atoms with Crippen molar-refractivity contribution in [2.75, 3.05) is 33.3 Å². The number of urea groups is 1. The molecule has 3 aromatic heterocycles. The fourth-order valence-electron chi connectivity index (χ4n) is 9.74. The molecule has 6 heterocycles. The van der Waals surface area contributed by atoms with Gasteiger partial charge in [0.1, 0.15) is 12.1 Å². The second-order valence-corrected chi connectivity index (χ2v) is 18.7. The van der Waals surface area contributed by atoms with Crippen molar-refractivity contribution in [1.29, 1.82) is 0 Å². The Kier molecular flexibility index (Phi) is 18.0. The number of aliphatic imine (C=N–C) groups is 1. The van der Waals surface area contributed by atoms with Crippen LogP contribution in [0.1, 0.15) is 150 Å². The number of aryl methyl sites for hydroxylation is 2. The standard InChI is InChI=1S/C50H65N13O11/c1-8-27-22(2)31-19-36-42(26(6)64)24(4)33(58-36)17-32-23(3)28-11-12-39(66)63-62-30(10-9-13-54-49(51)52)47(71)56-21-38(65)46(70)37(20-40(67)68)61-50(73)55-15-14-53-48(72)43-25(5)34(18-35(27)57-31)60-45(43)29(44(28)59-32)16-41(69)74-7/h17-19,22-23,27-28,30,37,58,60,62H,8-16,20-21H2,1-7H3,(H,53,72)(H,56,71)(H,63,66)(H,67,68)(H4,51,52,54)(H2,55,61,73)/t22?,23?,27-,28+,30+,37+/m1/s1. The molecular weight excluding hydrogens is 959 g/mol. The molecule has 0 saturated carbocycles. The van der Waals surface area contributed by atoms with Crippen molar-refractivity contribution in [2.24, 2.45) is 16.5 Å². The molecule has 2 unspecified atom stereocenters. The third-order valence-electron chi connectivity index (χ3n) is 13.8. The van der Waals surface area contributed by atoms with Crippen LogP contribution in [0.4, 0.5) is 4.79 Å². The number of nitrogens with zero attached hydrogens (tertiary/aromatic N) is 3. The molecule has 396 valence electrons. The number of fused-ring (bicyclic) bond motifs is 6. The second kappa shape index (κ2) is 24.1. The predicted octanol–water partition coefficient (Wildman–Crippen LogP) is 2.00. The van der Waals surface area contributed by atoms with Gasteiger partial charge in [-0.1, -0.05) is 20.8 Å². The number of ether oxygens (including phenoxy) is 1.